The molecule has 0 saturated carbocycles. The van der Waals surface area contributed by atoms with Gasteiger partial charge in [-0.15, -0.1) is 0 Å². The predicted molar refractivity (Wildman–Crippen MR) is 77.8 cm³/mol. The summed E-state index contributed by atoms with van der Waals surface area (Å²) < 4.78 is 18.5. The van der Waals surface area contributed by atoms with Gasteiger partial charge >= 0.3 is 5.97 Å². The van der Waals surface area contributed by atoms with Crippen LogP contribution in [-0.4, -0.2) is 35.3 Å². The van der Waals surface area contributed by atoms with Gasteiger partial charge in [0.25, 0.3) is 0 Å². The molecule has 6 heteroatoms. The van der Waals surface area contributed by atoms with Crippen molar-refractivity contribution in [1.29, 1.82) is 0 Å². The van der Waals surface area contributed by atoms with Crippen molar-refractivity contribution in [2.45, 2.75) is 20.0 Å². The second-order valence-corrected chi connectivity index (χ2v) is 4.66. The summed E-state index contributed by atoms with van der Waals surface area (Å²) in [6.45, 7) is 3.77. The molecule has 0 aliphatic heterocycles. The van der Waals surface area contributed by atoms with Crippen LogP contribution in [0, 0.1) is 5.82 Å². The molecule has 2 N–H and O–H groups in total. The Morgan fingerprint density at radius 3 is 2.95 bits per heavy atom. The Bertz CT molecular complexity index is 659. The van der Waals surface area contributed by atoms with Crippen molar-refractivity contribution in [2.75, 3.05) is 18.5 Å². The maximum atomic E-state index is 13.5. The molecule has 1 heterocycles. The summed E-state index contributed by atoms with van der Waals surface area (Å²) in [4.78, 5) is 16.1. The number of aromatic nitrogens is 1. The summed E-state index contributed by atoms with van der Waals surface area (Å²) in [7, 11) is 0. The van der Waals surface area contributed by atoms with Crippen LogP contribution in [0.5, 0.6) is 0 Å². The lowest BCUT2D eigenvalue weighted by molar-refractivity contribution is 0.0527. The maximum Gasteiger partial charge on any atom is 0.341 e. The number of halogens is 1. The van der Waals surface area contributed by atoms with Crippen molar-refractivity contribution in [2.24, 2.45) is 0 Å². The number of benzene rings is 1. The molecule has 0 spiro atoms. The molecule has 1 atom stereocenters. The highest BCUT2D eigenvalue weighted by atomic mass is 19.1. The number of pyridine rings is 1. The number of nitrogens with one attached hydrogen (secondary N) is 1. The fourth-order valence-electron chi connectivity index (χ4n) is 1.97. The van der Waals surface area contributed by atoms with E-state index in [0.29, 0.717) is 16.6 Å². The summed E-state index contributed by atoms with van der Waals surface area (Å²) in [5.74, 6) is -0.963. The van der Waals surface area contributed by atoms with E-state index in [0.717, 1.165) is 0 Å². The molecule has 1 aromatic heterocycles. The highest BCUT2D eigenvalue weighted by Crippen LogP contribution is 2.27. The maximum absolute atomic E-state index is 13.5. The molecule has 0 fully saturated rings. The van der Waals surface area contributed by atoms with Crippen molar-refractivity contribution >= 4 is 22.6 Å². The van der Waals surface area contributed by atoms with Gasteiger partial charge in [-0.2, -0.15) is 0 Å². The second kappa shape index (κ2) is 6.49. The number of carbonyl (C=O) groups excluding carboxylic acids is 1. The largest absolute Gasteiger partial charge is 0.462 e. The average Bonchev–Trinajstić information content (AvgIpc) is 2.44. The number of aliphatic hydroxyl groups excluding tert-OH is 1. The molecule has 2 rings (SSSR count). The van der Waals surface area contributed by atoms with Gasteiger partial charge in [0.1, 0.15) is 11.4 Å². The van der Waals surface area contributed by atoms with Crippen LogP contribution in [0.1, 0.15) is 24.2 Å². The van der Waals surface area contributed by atoms with Gasteiger partial charge in [0.05, 0.1) is 23.9 Å². The Balaban J connectivity index is 2.55. The number of fused-ring (bicyclic) bond motifs is 1. The zero-order valence-corrected chi connectivity index (χ0v) is 11.9. The van der Waals surface area contributed by atoms with Crippen LogP contribution in [0.25, 0.3) is 10.9 Å². The van der Waals surface area contributed by atoms with Crippen molar-refractivity contribution in [3.05, 3.63) is 35.8 Å². The van der Waals surface area contributed by atoms with Crippen LogP contribution in [-0.2, 0) is 4.74 Å². The molecule has 0 saturated heterocycles. The van der Waals surface area contributed by atoms with Gasteiger partial charge in [0.2, 0.25) is 0 Å². The first kappa shape index (κ1) is 15.2. The molecule has 0 radical (unpaired) electrons. The second-order valence-electron chi connectivity index (χ2n) is 4.66. The van der Waals surface area contributed by atoms with Crippen LogP contribution in [0.2, 0.25) is 0 Å². The number of hydrogen-bond donors (Lipinski definition) is 2. The highest BCUT2D eigenvalue weighted by Gasteiger charge is 2.17. The molecule has 5 nitrogen and oxygen atoms in total. The smallest absolute Gasteiger partial charge is 0.341 e. The van der Waals surface area contributed by atoms with E-state index >= 15 is 0 Å². The van der Waals surface area contributed by atoms with Crippen molar-refractivity contribution in [3.63, 3.8) is 0 Å². The zero-order valence-electron chi connectivity index (χ0n) is 11.9. The third kappa shape index (κ3) is 3.46. The number of aliphatic hydroxyl groups is 1. The van der Waals surface area contributed by atoms with Gasteiger partial charge in [-0.25, -0.2) is 9.18 Å². The normalized spacial score (nSPS) is 12.2. The monoisotopic (exact) mass is 292 g/mol. The van der Waals surface area contributed by atoms with Crippen LogP contribution < -0.4 is 5.32 Å². The first-order valence-corrected chi connectivity index (χ1v) is 6.70. The summed E-state index contributed by atoms with van der Waals surface area (Å²) >= 11 is 0. The molecule has 1 unspecified atom stereocenters. The Morgan fingerprint density at radius 1 is 1.52 bits per heavy atom. The SMILES string of the molecule is CCOC(=O)c1cnc2ccc(F)cc2c1NCC(C)O. The van der Waals surface area contributed by atoms with Gasteiger partial charge in [-0.3, -0.25) is 4.98 Å². The van der Waals surface area contributed by atoms with Gasteiger partial charge < -0.3 is 15.2 Å². The molecule has 1 aromatic carbocycles. The van der Waals surface area contributed by atoms with Crippen molar-refractivity contribution in [3.8, 4) is 0 Å². The molecule has 0 aliphatic carbocycles. The van der Waals surface area contributed by atoms with E-state index in [1.807, 2.05) is 0 Å². The van der Waals surface area contributed by atoms with Crippen molar-refractivity contribution in [1.82, 2.24) is 4.98 Å². The Hall–Kier alpha value is -2.21. The first-order valence-electron chi connectivity index (χ1n) is 6.70. The molecule has 21 heavy (non-hydrogen) atoms. The minimum absolute atomic E-state index is 0.218. The third-order valence-corrected chi connectivity index (χ3v) is 2.90. The van der Waals surface area contributed by atoms with Gasteiger partial charge in [-0.05, 0) is 32.0 Å². The van der Waals surface area contributed by atoms with E-state index in [-0.39, 0.29) is 18.7 Å². The van der Waals surface area contributed by atoms with Crippen LogP contribution in [0.3, 0.4) is 0 Å². The Labute approximate surface area is 121 Å². The number of anilines is 1. The zero-order chi connectivity index (χ0) is 15.4. The summed E-state index contributed by atoms with van der Waals surface area (Å²) in [5.41, 5.74) is 1.19. The van der Waals surface area contributed by atoms with E-state index in [1.165, 1.54) is 24.4 Å². The average molecular weight is 292 g/mol. The lowest BCUT2D eigenvalue weighted by Crippen LogP contribution is -2.18. The minimum atomic E-state index is -0.614. The Kier molecular flexibility index (Phi) is 4.70. The van der Waals surface area contributed by atoms with Gasteiger partial charge in [0.15, 0.2) is 0 Å². The van der Waals surface area contributed by atoms with Gasteiger partial charge in [0, 0.05) is 18.1 Å². The molecular formula is C15H17FN2O3. The highest BCUT2D eigenvalue weighted by molar-refractivity contribution is 6.04. The quantitative estimate of drug-likeness (QED) is 0.828. The molecule has 0 amide bonds. The number of esters is 1. The van der Waals surface area contributed by atoms with E-state index in [9.17, 15) is 14.3 Å². The number of hydrogen-bond acceptors (Lipinski definition) is 5. The van der Waals surface area contributed by atoms with E-state index < -0.39 is 17.9 Å². The molecule has 0 bridgehead atoms. The molecule has 0 aliphatic rings. The number of carbonyl (C=O) groups is 1. The van der Waals surface area contributed by atoms with E-state index in [4.69, 9.17) is 4.74 Å². The summed E-state index contributed by atoms with van der Waals surface area (Å²) in [6, 6.07) is 4.14. The number of ether oxygens (including phenoxy) is 1. The van der Waals surface area contributed by atoms with E-state index in [2.05, 4.69) is 10.3 Å². The summed E-state index contributed by atoms with van der Waals surface area (Å²) in [5, 5.41) is 12.8. The topological polar surface area (TPSA) is 71.5 Å². The Morgan fingerprint density at radius 2 is 2.29 bits per heavy atom. The lowest BCUT2D eigenvalue weighted by atomic mass is 10.1. The van der Waals surface area contributed by atoms with Crippen LogP contribution in [0.4, 0.5) is 10.1 Å². The minimum Gasteiger partial charge on any atom is -0.462 e. The molecule has 2 aromatic rings. The van der Waals surface area contributed by atoms with Crippen LogP contribution in [0.15, 0.2) is 24.4 Å². The fraction of sp³-hybridized carbons (Fsp3) is 0.333. The standard InChI is InChI=1S/C15H17FN2O3/c1-3-21-15(20)12-8-17-13-5-4-10(16)6-11(13)14(12)18-7-9(2)19/h4-6,8-9,19H,3,7H2,1-2H3,(H,17,18). The van der Waals surface area contributed by atoms with Crippen LogP contribution >= 0.6 is 0 Å². The molecule has 112 valence electrons. The van der Waals surface area contributed by atoms with E-state index in [1.54, 1.807) is 13.8 Å². The fourth-order valence-corrected chi connectivity index (χ4v) is 1.97. The number of rotatable bonds is 5. The lowest BCUT2D eigenvalue weighted by Gasteiger charge is -2.15. The molecular weight excluding hydrogens is 275 g/mol. The third-order valence-electron chi connectivity index (χ3n) is 2.90. The number of nitrogens with zero attached hydrogens (tertiary/aromatic N) is 1. The predicted octanol–water partition coefficient (Wildman–Crippen LogP) is 2.34. The van der Waals surface area contributed by atoms with Gasteiger partial charge in [-0.1, -0.05) is 0 Å². The van der Waals surface area contributed by atoms with Crippen molar-refractivity contribution < 1.29 is 19.0 Å². The first-order chi connectivity index (χ1) is 10.0. The summed E-state index contributed by atoms with van der Waals surface area (Å²) in [6.07, 6.45) is 0.777.